The molecule has 2 rings (SSSR count). The molecule has 18 heavy (non-hydrogen) atoms. The van der Waals surface area contributed by atoms with E-state index < -0.39 is 0 Å². The molecule has 5 nitrogen and oxygen atoms in total. The van der Waals surface area contributed by atoms with E-state index in [2.05, 4.69) is 21.3 Å². The summed E-state index contributed by atoms with van der Waals surface area (Å²) in [4.78, 5) is 18.1. The van der Waals surface area contributed by atoms with Gasteiger partial charge in [-0.05, 0) is 18.6 Å². The van der Waals surface area contributed by atoms with Gasteiger partial charge in [0, 0.05) is 32.9 Å². The van der Waals surface area contributed by atoms with Gasteiger partial charge in [0.25, 0.3) is 0 Å². The smallest absolute Gasteiger partial charge is 0.250 e. The zero-order valence-electron chi connectivity index (χ0n) is 10.8. The van der Waals surface area contributed by atoms with Crippen molar-refractivity contribution in [3.8, 4) is 0 Å². The molecule has 2 heterocycles. The molecular weight excluding hydrogens is 230 g/mol. The summed E-state index contributed by atoms with van der Waals surface area (Å²) in [5.74, 6) is -0.0587. The van der Waals surface area contributed by atoms with E-state index in [-0.39, 0.29) is 12.0 Å². The Morgan fingerprint density at radius 3 is 3.11 bits per heavy atom. The standard InChI is InChI=1S/C13H19N3O2/c1-10-3-4-11(15-7-10)8-16-5-6-18-12(9-16)13(17)14-2/h3-4,7,12H,5-6,8-9H2,1-2H3,(H,14,17). The first-order chi connectivity index (χ1) is 8.69. The van der Waals surface area contributed by atoms with Crippen LogP contribution in [0.2, 0.25) is 0 Å². The van der Waals surface area contributed by atoms with E-state index in [1.54, 1.807) is 7.05 Å². The second-order valence-electron chi connectivity index (χ2n) is 4.54. The van der Waals surface area contributed by atoms with Crippen LogP contribution in [0, 0.1) is 6.92 Å². The van der Waals surface area contributed by atoms with Gasteiger partial charge >= 0.3 is 0 Å². The minimum Gasteiger partial charge on any atom is -0.366 e. The van der Waals surface area contributed by atoms with Crippen LogP contribution in [0.15, 0.2) is 18.3 Å². The molecule has 1 aromatic rings. The summed E-state index contributed by atoms with van der Waals surface area (Å²) < 4.78 is 5.44. The Morgan fingerprint density at radius 1 is 1.61 bits per heavy atom. The van der Waals surface area contributed by atoms with Gasteiger partial charge in [-0.15, -0.1) is 0 Å². The first kappa shape index (κ1) is 13.0. The van der Waals surface area contributed by atoms with Crippen molar-refractivity contribution in [2.75, 3.05) is 26.7 Å². The molecule has 1 saturated heterocycles. The highest BCUT2D eigenvalue weighted by molar-refractivity contribution is 5.80. The second kappa shape index (κ2) is 5.93. The molecule has 1 aromatic heterocycles. The van der Waals surface area contributed by atoms with Crippen LogP contribution in [0.4, 0.5) is 0 Å². The van der Waals surface area contributed by atoms with Crippen LogP contribution in [-0.2, 0) is 16.1 Å². The number of ether oxygens (including phenoxy) is 1. The Kier molecular flexibility index (Phi) is 4.28. The average molecular weight is 249 g/mol. The third kappa shape index (κ3) is 3.27. The third-order valence-corrected chi connectivity index (χ3v) is 3.05. The van der Waals surface area contributed by atoms with Crippen LogP contribution in [0.5, 0.6) is 0 Å². The summed E-state index contributed by atoms with van der Waals surface area (Å²) in [5.41, 5.74) is 2.18. The minimum absolute atomic E-state index is 0.0587. The van der Waals surface area contributed by atoms with Crippen LogP contribution in [0.25, 0.3) is 0 Å². The van der Waals surface area contributed by atoms with Crippen LogP contribution in [0.3, 0.4) is 0 Å². The predicted molar refractivity (Wildman–Crippen MR) is 68.1 cm³/mol. The highest BCUT2D eigenvalue weighted by Gasteiger charge is 2.25. The van der Waals surface area contributed by atoms with Gasteiger partial charge in [-0.1, -0.05) is 6.07 Å². The number of nitrogens with zero attached hydrogens (tertiary/aromatic N) is 2. The summed E-state index contributed by atoms with van der Waals surface area (Å²) in [7, 11) is 1.63. The number of likely N-dealkylation sites (N-methyl/N-ethyl adjacent to an activating group) is 1. The quantitative estimate of drug-likeness (QED) is 0.839. The predicted octanol–water partition coefficient (Wildman–Crippen LogP) is 0.337. The fourth-order valence-corrected chi connectivity index (χ4v) is 1.99. The summed E-state index contributed by atoms with van der Waals surface area (Å²) in [6, 6.07) is 4.08. The first-order valence-electron chi connectivity index (χ1n) is 6.16. The van der Waals surface area contributed by atoms with Crippen molar-refractivity contribution >= 4 is 5.91 Å². The van der Waals surface area contributed by atoms with Crippen LogP contribution in [-0.4, -0.2) is 48.6 Å². The topological polar surface area (TPSA) is 54.5 Å². The molecule has 5 heteroatoms. The number of carbonyl (C=O) groups is 1. The van der Waals surface area contributed by atoms with Gasteiger partial charge in [0.1, 0.15) is 6.10 Å². The highest BCUT2D eigenvalue weighted by atomic mass is 16.5. The van der Waals surface area contributed by atoms with Gasteiger partial charge in [0.15, 0.2) is 0 Å². The number of pyridine rings is 1. The number of rotatable bonds is 3. The number of nitrogens with one attached hydrogen (secondary N) is 1. The average Bonchev–Trinajstić information content (AvgIpc) is 2.41. The molecule has 1 N–H and O–H groups in total. The van der Waals surface area contributed by atoms with E-state index in [1.807, 2.05) is 19.2 Å². The zero-order valence-corrected chi connectivity index (χ0v) is 10.8. The lowest BCUT2D eigenvalue weighted by Gasteiger charge is -2.31. The number of hydrogen-bond donors (Lipinski definition) is 1. The number of carbonyl (C=O) groups excluding carboxylic acids is 1. The fourth-order valence-electron chi connectivity index (χ4n) is 1.99. The maximum atomic E-state index is 11.5. The van der Waals surface area contributed by atoms with E-state index in [4.69, 9.17) is 4.74 Å². The largest absolute Gasteiger partial charge is 0.366 e. The molecule has 98 valence electrons. The van der Waals surface area contributed by atoms with Crippen molar-refractivity contribution in [2.24, 2.45) is 0 Å². The highest BCUT2D eigenvalue weighted by Crippen LogP contribution is 2.09. The lowest BCUT2D eigenvalue weighted by atomic mass is 10.2. The summed E-state index contributed by atoms with van der Waals surface area (Å²) in [6.45, 7) is 4.83. The van der Waals surface area contributed by atoms with Crippen molar-refractivity contribution < 1.29 is 9.53 Å². The minimum atomic E-state index is -0.366. The Bertz CT molecular complexity index is 405. The first-order valence-corrected chi connectivity index (χ1v) is 6.16. The maximum Gasteiger partial charge on any atom is 0.250 e. The molecule has 0 bridgehead atoms. The van der Waals surface area contributed by atoms with Crippen LogP contribution >= 0.6 is 0 Å². The van der Waals surface area contributed by atoms with Crippen LogP contribution in [0.1, 0.15) is 11.3 Å². The SMILES string of the molecule is CNC(=O)C1CN(Cc2ccc(C)cn2)CCO1. The van der Waals surface area contributed by atoms with E-state index >= 15 is 0 Å². The number of amides is 1. The number of morpholine rings is 1. The van der Waals surface area contributed by atoms with Crippen molar-refractivity contribution in [2.45, 2.75) is 19.6 Å². The Morgan fingerprint density at radius 2 is 2.44 bits per heavy atom. The van der Waals surface area contributed by atoms with Crippen molar-refractivity contribution in [3.63, 3.8) is 0 Å². The molecule has 1 unspecified atom stereocenters. The molecule has 0 saturated carbocycles. The third-order valence-electron chi connectivity index (χ3n) is 3.05. The number of hydrogen-bond acceptors (Lipinski definition) is 4. The second-order valence-corrected chi connectivity index (χ2v) is 4.54. The van der Waals surface area contributed by atoms with Gasteiger partial charge in [0.2, 0.25) is 5.91 Å². The van der Waals surface area contributed by atoms with E-state index in [9.17, 15) is 4.79 Å². The molecule has 0 spiro atoms. The molecule has 1 aliphatic heterocycles. The molecule has 0 aromatic carbocycles. The lowest BCUT2D eigenvalue weighted by molar-refractivity contribution is -0.138. The Hall–Kier alpha value is -1.46. The normalized spacial score (nSPS) is 20.7. The zero-order chi connectivity index (χ0) is 13.0. The van der Waals surface area contributed by atoms with Gasteiger partial charge in [0.05, 0.1) is 12.3 Å². The van der Waals surface area contributed by atoms with E-state index in [0.29, 0.717) is 13.2 Å². The molecule has 1 aliphatic rings. The van der Waals surface area contributed by atoms with Crippen molar-refractivity contribution in [3.05, 3.63) is 29.6 Å². The molecule has 0 aliphatic carbocycles. The van der Waals surface area contributed by atoms with Gasteiger partial charge in [-0.25, -0.2) is 0 Å². The summed E-state index contributed by atoms with van der Waals surface area (Å²) in [6.07, 6.45) is 1.50. The Labute approximate surface area is 107 Å². The fraction of sp³-hybridized carbons (Fsp3) is 0.538. The summed E-state index contributed by atoms with van der Waals surface area (Å²) >= 11 is 0. The number of aryl methyl sites for hydroxylation is 1. The van der Waals surface area contributed by atoms with Gasteiger partial charge < -0.3 is 10.1 Å². The van der Waals surface area contributed by atoms with Gasteiger partial charge in [-0.3, -0.25) is 14.7 Å². The van der Waals surface area contributed by atoms with Gasteiger partial charge in [-0.2, -0.15) is 0 Å². The number of aromatic nitrogens is 1. The molecule has 0 radical (unpaired) electrons. The van der Waals surface area contributed by atoms with E-state index in [1.165, 1.54) is 0 Å². The summed E-state index contributed by atoms with van der Waals surface area (Å²) in [5, 5.41) is 2.62. The Balaban J connectivity index is 1.93. The van der Waals surface area contributed by atoms with Crippen molar-refractivity contribution in [1.82, 2.24) is 15.2 Å². The molecular formula is C13H19N3O2. The lowest BCUT2D eigenvalue weighted by Crippen LogP contribution is -2.48. The molecule has 1 atom stereocenters. The monoisotopic (exact) mass is 249 g/mol. The molecule has 1 fully saturated rings. The van der Waals surface area contributed by atoms with Crippen molar-refractivity contribution in [1.29, 1.82) is 0 Å². The molecule has 1 amide bonds. The van der Waals surface area contributed by atoms with Crippen LogP contribution < -0.4 is 5.32 Å². The van der Waals surface area contributed by atoms with E-state index in [0.717, 1.165) is 24.3 Å². The maximum absolute atomic E-state index is 11.5.